The molecular weight excluding hydrogens is 235 g/mol. The van der Waals surface area contributed by atoms with Crippen LogP contribution in [0.5, 0.6) is 5.75 Å². The van der Waals surface area contributed by atoms with Crippen LogP contribution >= 0.6 is 11.6 Å². The number of alkyl halides is 1. The third-order valence-corrected chi connectivity index (χ3v) is 2.30. The van der Waals surface area contributed by atoms with E-state index in [1.54, 1.807) is 6.92 Å². The van der Waals surface area contributed by atoms with E-state index < -0.39 is 11.8 Å². The predicted octanol–water partition coefficient (Wildman–Crippen LogP) is 2.75. The van der Waals surface area contributed by atoms with Crippen LogP contribution in [-0.4, -0.2) is 19.7 Å². The Bertz CT molecular complexity index is 393. The monoisotopic (exact) mass is 246 g/mol. The molecule has 0 amide bonds. The van der Waals surface area contributed by atoms with Crippen LogP contribution in [0.15, 0.2) is 12.1 Å². The molecule has 0 radical (unpaired) electrons. The second-order valence-corrected chi connectivity index (χ2v) is 3.27. The summed E-state index contributed by atoms with van der Waals surface area (Å²) >= 11 is 5.61. The van der Waals surface area contributed by atoms with Gasteiger partial charge in [0.05, 0.1) is 25.2 Å². The van der Waals surface area contributed by atoms with Gasteiger partial charge < -0.3 is 9.47 Å². The molecule has 1 aromatic carbocycles. The fraction of sp³-hybridized carbons (Fsp3) is 0.364. The minimum atomic E-state index is -0.709. The third kappa shape index (κ3) is 2.64. The van der Waals surface area contributed by atoms with E-state index in [1.165, 1.54) is 19.2 Å². The van der Waals surface area contributed by atoms with Crippen molar-refractivity contribution in [1.82, 2.24) is 0 Å². The molecule has 0 heterocycles. The van der Waals surface area contributed by atoms with Gasteiger partial charge in [0.25, 0.3) is 0 Å². The van der Waals surface area contributed by atoms with Crippen molar-refractivity contribution in [3.63, 3.8) is 0 Å². The Morgan fingerprint density at radius 1 is 1.50 bits per heavy atom. The zero-order valence-corrected chi connectivity index (χ0v) is 9.81. The first-order chi connectivity index (χ1) is 7.63. The molecule has 0 spiro atoms. The van der Waals surface area contributed by atoms with Crippen molar-refractivity contribution in [2.24, 2.45) is 0 Å². The molecule has 5 heteroatoms. The van der Waals surface area contributed by atoms with Gasteiger partial charge >= 0.3 is 5.97 Å². The molecule has 16 heavy (non-hydrogen) atoms. The minimum Gasteiger partial charge on any atom is -0.496 e. The van der Waals surface area contributed by atoms with Crippen molar-refractivity contribution >= 4 is 17.6 Å². The Balaban J connectivity index is 3.15. The maximum atomic E-state index is 13.5. The number of hydrogen-bond donors (Lipinski definition) is 0. The van der Waals surface area contributed by atoms with Crippen LogP contribution in [0.25, 0.3) is 0 Å². The number of esters is 1. The molecule has 1 aromatic rings. The smallest absolute Gasteiger partial charge is 0.341 e. The van der Waals surface area contributed by atoms with Gasteiger partial charge in [-0.3, -0.25) is 0 Å². The van der Waals surface area contributed by atoms with Crippen LogP contribution in [0.2, 0.25) is 0 Å². The van der Waals surface area contributed by atoms with Crippen LogP contribution in [0.1, 0.15) is 22.8 Å². The van der Waals surface area contributed by atoms with Gasteiger partial charge in [0.1, 0.15) is 11.6 Å². The SMILES string of the molecule is CCOC(=O)c1cc(OC)c(CCl)cc1F. The zero-order valence-electron chi connectivity index (χ0n) is 9.05. The molecule has 0 unspecified atom stereocenters. The lowest BCUT2D eigenvalue weighted by atomic mass is 10.1. The Morgan fingerprint density at radius 2 is 2.19 bits per heavy atom. The van der Waals surface area contributed by atoms with E-state index in [0.29, 0.717) is 11.3 Å². The van der Waals surface area contributed by atoms with Gasteiger partial charge in [-0.25, -0.2) is 9.18 Å². The Hall–Kier alpha value is -1.29. The van der Waals surface area contributed by atoms with Gasteiger partial charge in [-0.1, -0.05) is 0 Å². The number of carbonyl (C=O) groups is 1. The Morgan fingerprint density at radius 3 is 2.69 bits per heavy atom. The Kier molecular flexibility index (Phi) is 4.55. The standard InChI is InChI=1S/C11H12ClFO3/c1-3-16-11(14)8-5-10(15-2)7(6-12)4-9(8)13/h4-5H,3,6H2,1-2H3. The highest BCUT2D eigenvalue weighted by Crippen LogP contribution is 2.24. The maximum Gasteiger partial charge on any atom is 0.341 e. The van der Waals surface area contributed by atoms with Crippen LogP contribution in [0.4, 0.5) is 4.39 Å². The summed E-state index contributed by atoms with van der Waals surface area (Å²) in [6.07, 6.45) is 0. The molecule has 0 N–H and O–H groups in total. The molecular formula is C11H12ClFO3. The summed E-state index contributed by atoms with van der Waals surface area (Å²) in [5.41, 5.74) is 0.349. The number of rotatable bonds is 4. The summed E-state index contributed by atoms with van der Waals surface area (Å²) in [7, 11) is 1.43. The largest absolute Gasteiger partial charge is 0.496 e. The van der Waals surface area contributed by atoms with Gasteiger partial charge in [-0.2, -0.15) is 0 Å². The molecule has 0 aliphatic carbocycles. The number of benzene rings is 1. The molecule has 0 fully saturated rings. The molecule has 88 valence electrons. The normalized spacial score (nSPS) is 10.0. The first-order valence-corrected chi connectivity index (χ1v) is 5.27. The van der Waals surface area contributed by atoms with E-state index in [4.69, 9.17) is 21.1 Å². The molecule has 0 bridgehead atoms. The number of carbonyl (C=O) groups excluding carboxylic acids is 1. The quantitative estimate of drug-likeness (QED) is 0.605. The number of methoxy groups -OCH3 is 1. The first kappa shape index (κ1) is 12.8. The van der Waals surface area contributed by atoms with Crippen LogP contribution in [0, 0.1) is 5.82 Å². The molecule has 0 saturated heterocycles. The molecule has 0 saturated carbocycles. The predicted molar refractivity (Wildman–Crippen MR) is 58.5 cm³/mol. The van der Waals surface area contributed by atoms with E-state index in [-0.39, 0.29) is 18.1 Å². The van der Waals surface area contributed by atoms with Gasteiger partial charge in [0.2, 0.25) is 0 Å². The lowest BCUT2D eigenvalue weighted by Crippen LogP contribution is -2.08. The molecule has 1 rings (SSSR count). The highest BCUT2D eigenvalue weighted by molar-refractivity contribution is 6.17. The van der Waals surface area contributed by atoms with Crippen molar-refractivity contribution in [2.75, 3.05) is 13.7 Å². The highest BCUT2D eigenvalue weighted by atomic mass is 35.5. The van der Waals surface area contributed by atoms with Crippen molar-refractivity contribution in [3.8, 4) is 5.75 Å². The highest BCUT2D eigenvalue weighted by Gasteiger charge is 2.16. The lowest BCUT2D eigenvalue weighted by Gasteiger charge is -2.09. The van der Waals surface area contributed by atoms with Gasteiger partial charge in [-0.05, 0) is 19.1 Å². The summed E-state index contributed by atoms with van der Waals surface area (Å²) in [6, 6.07) is 2.48. The van der Waals surface area contributed by atoms with E-state index >= 15 is 0 Å². The topological polar surface area (TPSA) is 35.5 Å². The van der Waals surface area contributed by atoms with Gasteiger partial charge in [0.15, 0.2) is 0 Å². The second kappa shape index (κ2) is 5.70. The third-order valence-electron chi connectivity index (χ3n) is 2.01. The second-order valence-electron chi connectivity index (χ2n) is 3.00. The van der Waals surface area contributed by atoms with E-state index in [0.717, 1.165) is 0 Å². The molecule has 0 aromatic heterocycles. The van der Waals surface area contributed by atoms with E-state index in [2.05, 4.69) is 0 Å². The molecule has 3 nitrogen and oxygen atoms in total. The minimum absolute atomic E-state index is 0.114. The summed E-state index contributed by atoms with van der Waals surface area (Å²) < 4.78 is 23.2. The van der Waals surface area contributed by atoms with Crippen LogP contribution < -0.4 is 4.74 Å². The fourth-order valence-corrected chi connectivity index (χ4v) is 1.46. The maximum absolute atomic E-state index is 13.5. The number of ether oxygens (including phenoxy) is 2. The van der Waals surface area contributed by atoms with Gasteiger partial charge in [-0.15, -0.1) is 11.6 Å². The Labute approximate surface area is 98.1 Å². The molecule has 0 atom stereocenters. The summed E-state index contributed by atoms with van der Waals surface area (Å²) in [4.78, 5) is 11.4. The average molecular weight is 247 g/mol. The zero-order chi connectivity index (χ0) is 12.1. The summed E-state index contributed by atoms with van der Waals surface area (Å²) in [5.74, 6) is -0.878. The summed E-state index contributed by atoms with van der Waals surface area (Å²) in [6.45, 7) is 1.85. The van der Waals surface area contributed by atoms with Crippen LogP contribution in [0.3, 0.4) is 0 Å². The fourth-order valence-electron chi connectivity index (χ4n) is 1.25. The van der Waals surface area contributed by atoms with E-state index in [1.807, 2.05) is 0 Å². The van der Waals surface area contributed by atoms with Crippen molar-refractivity contribution in [3.05, 3.63) is 29.1 Å². The van der Waals surface area contributed by atoms with E-state index in [9.17, 15) is 9.18 Å². The lowest BCUT2D eigenvalue weighted by molar-refractivity contribution is 0.0520. The number of hydrogen-bond acceptors (Lipinski definition) is 3. The van der Waals surface area contributed by atoms with Gasteiger partial charge in [0, 0.05) is 5.56 Å². The van der Waals surface area contributed by atoms with Crippen molar-refractivity contribution < 1.29 is 18.7 Å². The van der Waals surface area contributed by atoms with Crippen molar-refractivity contribution in [2.45, 2.75) is 12.8 Å². The molecule has 0 aliphatic rings. The average Bonchev–Trinajstić information content (AvgIpc) is 2.28. The van der Waals surface area contributed by atoms with Crippen molar-refractivity contribution in [1.29, 1.82) is 0 Å². The van der Waals surface area contributed by atoms with Crippen LogP contribution in [-0.2, 0) is 10.6 Å². The first-order valence-electron chi connectivity index (χ1n) is 4.73. The number of halogens is 2. The summed E-state index contributed by atoms with van der Waals surface area (Å²) in [5, 5.41) is 0. The molecule has 0 aliphatic heterocycles.